The summed E-state index contributed by atoms with van der Waals surface area (Å²) in [6.07, 6.45) is 2.61. The highest BCUT2D eigenvalue weighted by Gasteiger charge is 2.19. The van der Waals surface area contributed by atoms with Crippen LogP contribution in [0.5, 0.6) is 5.75 Å². The summed E-state index contributed by atoms with van der Waals surface area (Å²) < 4.78 is 5.54. The highest BCUT2D eigenvalue weighted by Crippen LogP contribution is 2.19. The van der Waals surface area contributed by atoms with Crippen molar-refractivity contribution in [3.8, 4) is 5.75 Å². The van der Waals surface area contributed by atoms with E-state index in [1.807, 2.05) is 38.1 Å². The second-order valence-corrected chi connectivity index (χ2v) is 5.56. The molecule has 0 radical (unpaired) electrons. The SMILES string of the molecule is CCCC(C)(O)CNC(=O)CCc1ccccc1OCC. The van der Waals surface area contributed by atoms with Gasteiger partial charge in [0.25, 0.3) is 0 Å². The van der Waals surface area contributed by atoms with E-state index in [1.54, 1.807) is 6.92 Å². The molecule has 0 fully saturated rings. The van der Waals surface area contributed by atoms with Crippen molar-refractivity contribution in [1.29, 1.82) is 0 Å². The summed E-state index contributed by atoms with van der Waals surface area (Å²) in [6, 6.07) is 7.77. The van der Waals surface area contributed by atoms with Crippen molar-refractivity contribution < 1.29 is 14.6 Å². The number of ether oxygens (including phenoxy) is 1. The first-order valence-corrected chi connectivity index (χ1v) is 7.68. The zero-order valence-electron chi connectivity index (χ0n) is 13.3. The third-order valence-electron chi connectivity index (χ3n) is 3.35. The number of amides is 1. The number of aryl methyl sites for hydroxylation is 1. The van der Waals surface area contributed by atoms with Crippen molar-refractivity contribution in [2.75, 3.05) is 13.2 Å². The number of benzene rings is 1. The van der Waals surface area contributed by atoms with Crippen molar-refractivity contribution >= 4 is 5.91 Å². The van der Waals surface area contributed by atoms with E-state index in [2.05, 4.69) is 5.32 Å². The van der Waals surface area contributed by atoms with Gasteiger partial charge in [-0.25, -0.2) is 0 Å². The van der Waals surface area contributed by atoms with Crippen molar-refractivity contribution in [3.05, 3.63) is 29.8 Å². The Morgan fingerprint density at radius 1 is 1.33 bits per heavy atom. The zero-order chi connectivity index (χ0) is 15.7. The average Bonchev–Trinajstić information content (AvgIpc) is 2.44. The van der Waals surface area contributed by atoms with Crippen LogP contribution >= 0.6 is 0 Å². The van der Waals surface area contributed by atoms with Gasteiger partial charge in [0.05, 0.1) is 12.2 Å². The van der Waals surface area contributed by atoms with Crippen LogP contribution in [0.2, 0.25) is 0 Å². The number of carbonyl (C=O) groups is 1. The maximum Gasteiger partial charge on any atom is 0.220 e. The fourth-order valence-electron chi connectivity index (χ4n) is 2.26. The molecule has 0 saturated heterocycles. The van der Waals surface area contributed by atoms with Crippen LogP contribution in [0.1, 0.15) is 45.6 Å². The molecule has 1 amide bonds. The van der Waals surface area contributed by atoms with Crippen LogP contribution in [0.15, 0.2) is 24.3 Å². The van der Waals surface area contributed by atoms with Crippen LogP contribution in [0.3, 0.4) is 0 Å². The smallest absolute Gasteiger partial charge is 0.220 e. The third kappa shape index (κ3) is 6.63. The lowest BCUT2D eigenvalue weighted by Crippen LogP contribution is -2.40. The molecule has 0 spiro atoms. The monoisotopic (exact) mass is 293 g/mol. The van der Waals surface area contributed by atoms with E-state index in [0.29, 0.717) is 32.4 Å². The minimum Gasteiger partial charge on any atom is -0.494 e. The first-order valence-electron chi connectivity index (χ1n) is 7.68. The lowest BCUT2D eigenvalue weighted by molar-refractivity contribution is -0.122. The molecule has 118 valence electrons. The van der Waals surface area contributed by atoms with E-state index in [9.17, 15) is 9.90 Å². The Labute approximate surface area is 127 Å². The predicted molar refractivity (Wildman–Crippen MR) is 84.5 cm³/mol. The van der Waals surface area contributed by atoms with Gasteiger partial charge in [-0.1, -0.05) is 31.5 Å². The molecule has 1 unspecified atom stereocenters. The van der Waals surface area contributed by atoms with E-state index in [-0.39, 0.29) is 5.91 Å². The molecule has 1 aromatic carbocycles. The number of para-hydroxylation sites is 1. The maximum absolute atomic E-state index is 11.9. The van der Waals surface area contributed by atoms with Gasteiger partial charge >= 0.3 is 0 Å². The van der Waals surface area contributed by atoms with Gasteiger partial charge in [-0.2, -0.15) is 0 Å². The Hall–Kier alpha value is -1.55. The molecule has 1 atom stereocenters. The summed E-state index contributed by atoms with van der Waals surface area (Å²) in [4.78, 5) is 11.9. The minimum atomic E-state index is -0.826. The van der Waals surface area contributed by atoms with E-state index >= 15 is 0 Å². The van der Waals surface area contributed by atoms with E-state index in [1.165, 1.54) is 0 Å². The zero-order valence-corrected chi connectivity index (χ0v) is 13.3. The Kier molecular flexibility index (Phi) is 7.23. The molecule has 1 rings (SSSR count). The van der Waals surface area contributed by atoms with Gasteiger partial charge < -0.3 is 15.2 Å². The van der Waals surface area contributed by atoms with Crippen LogP contribution in [-0.4, -0.2) is 29.8 Å². The highest BCUT2D eigenvalue weighted by molar-refractivity contribution is 5.76. The minimum absolute atomic E-state index is 0.0438. The number of nitrogens with one attached hydrogen (secondary N) is 1. The first kappa shape index (κ1) is 17.5. The lowest BCUT2D eigenvalue weighted by Gasteiger charge is -2.22. The van der Waals surface area contributed by atoms with Gasteiger partial charge in [0.1, 0.15) is 5.75 Å². The van der Waals surface area contributed by atoms with E-state index in [4.69, 9.17) is 4.74 Å². The normalized spacial score (nSPS) is 13.5. The number of aliphatic hydroxyl groups is 1. The molecule has 0 heterocycles. The van der Waals surface area contributed by atoms with Gasteiger partial charge in [-0.05, 0) is 38.3 Å². The molecular formula is C17H27NO3. The van der Waals surface area contributed by atoms with E-state index < -0.39 is 5.60 Å². The van der Waals surface area contributed by atoms with Crippen LogP contribution < -0.4 is 10.1 Å². The lowest BCUT2D eigenvalue weighted by atomic mass is 10.0. The molecule has 0 aliphatic rings. The third-order valence-corrected chi connectivity index (χ3v) is 3.35. The van der Waals surface area contributed by atoms with Gasteiger partial charge in [-0.15, -0.1) is 0 Å². The Bertz CT molecular complexity index is 443. The van der Waals surface area contributed by atoms with Crippen molar-refractivity contribution in [3.63, 3.8) is 0 Å². The average molecular weight is 293 g/mol. The van der Waals surface area contributed by atoms with Crippen LogP contribution in [0, 0.1) is 0 Å². The van der Waals surface area contributed by atoms with Crippen molar-refractivity contribution in [2.45, 2.75) is 52.1 Å². The number of hydrogen-bond acceptors (Lipinski definition) is 3. The van der Waals surface area contributed by atoms with Crippen LogP contribution in [0.4, 0.5) is 0 Å². The quantitative estimate of drug-likeness (QED) is 0.736. The molecule has 0 aliphatic heterocycles. The largest absolute Gasteiger partial charge is 0.494 e. The van der Waals surface area contributed by atoms with Crippen molar-refractivity contribution in [2.24, 2.45) is 0 Å². The van der Waals surface area contributed by atoms with Gasteiger partial charge in [0, 0.05) is 13.0 Å². The fourth-order valence-corrected chi connectivity index (χ4v) is 2.26. The molecule has 4 heteroatoms. The molecular weight excluding hydrogens is 266 g/mol. The van der Waals surface area contributed by atoms with Gasteiger partial charge in [0.2, 0.25) is 5.91 Å². The predicted octanol–water partition coefficient (Wildman–Crippen LogP) is 2.69. The Morgan fingerprint density at radius 2 is 2.05 bits per heavy atom. The molecule has 4 nitrogen and oxygen atoms in total. The standard InChI is InChI=1S/C17H27NO3/c1-4-12-17(3,20)13-18-16(19)11-10-14-8-6-7-9-15(14)21-5-2/h6-9,20H,4-5,10-13H2,1-3H3,(H,18,19). The summed E-state index contributed by atoms with van der Waals surface area (Å²) in [5.41, 5.74) is 0.211. The Balaban J connectivity index is 2.43. The molecule has 0 bridgehead atoms. The summed E-state index contributed by atoms with van der Waals surface area (Å²) in [6.45, 7) is 6.62. The molecule has 21 heavy (non-hydrogen) atoms. The molecule has 1 aromatic rings. The molecule has 0 aromatic heterocycles. The van der Waals surface area contributed by atoms with Crippen molar-refractivity contribution in [1.82, 2.24) is 5.32 Å². The number of rotatable bonds is 9. The first-order chi connectivity index (χ1) is 9.98. The fraction of sp³-hybridized carbons (Fsp3) is 0.588. The molecule has 2 N–H and O–H groups in total. The second kappa shape index (κ2) is 8.67. The van der Waals surface area contributed by atoms with Gasteiger partial charge in [-0.3, -0.25) is 4.79 Å². The maximum atomic E-state index is 11.9. The highest BCUT2D eigenvalue weighted by atomic mass is 16.5. The molecule has 0 aliphatic carbocycles. The van der Waals surface area contributed by atoms with Gasteiger partial charge in [0.15, 0.2) is 0 Å². The topological polar surface area (TPSA) is 58.6 Å². The summed E-state index contributed by atoms with van der Waals surface area (Å²) in [5, 5.41) is 12.8. The number of hydrogen-bond donors (Lipinski definition) is 2. The Morgan fingerprint density at radius 3 is 2.71 bits per heavy atom. The van der Waals surface area contributed by atoms with Crippen LogP contribution in [0.25, 0.3) is 0 Å². The summed E-state index contributed by atoms with van der Waals surface area (Å²) in [7, 11) is 0. The second-order valence-electron chi connectivity index (χ2n) is 5.56. The molecule has 0 saturated carbocycles. The summed E-state index contributed by atoms with van der Waals surface area (Å²) >= 11 is 0. The van der Waals surface area contributed by atoms with Crippen LogP contribution in [-0.2, 0) is 11.2 Å². The van der Waals surface area contributed by atoms with E-state index in [0.717, 1.165) is 17.7 Å². The number of carbonyl (C=O) groups excluding carboxylic acids is 1. The summed E-state index contributed by atoms with van der Waals surface area (Å²) in [5.74, 6) is 0.795.